The van der Waals surface area contributed by atoms with Gasteiger partial charge in [0.1, 0.15) is 5.75 Å². The Morgan fingerprint density at radius 2 is 1.89 bits per heavy atom. The summed E-state index contributed by atoms with van der Waals surface area (Å²) in [6.45, 7) is 6.36. The molecule has 188 valence electrons. The topological polar surface area (TPSA) is 131 Å². The van der Waals surface area contributed by atoms with Gasteiger partial charge in [-0.15, -0.1) is 0 Å². The highest BCUT2D eigenvalue weighted by molar-refractivity contribution is 6.30. The van der Waals surface area contributed by atoms with Gasteiger partial charge >= 0.3 is 6.03 Å². The molecule has 0 unspecified atom stereocenters. The van der Waals surface area contributed by atoms with Gasteiger partial charge < -0.3 is 14.4 Å². The maximum Gasteiger partial charge on any atom is 0.335 e. The number of imide groups is 2. The molecule has 0 bridgehead atoms. The zero-order valence-electron chi connectivity index (χ0n) is 20.1. The van der Waals surface area contributed by atoms with E-state index < -0.39 is 40.3 Å². The second-order valence-electron chi connectivity index (χ2n) is 9.29. The molecular formula is C25H26N4O7. The van der Waals surface area contributed by atoms with Crippen LogP contribution in [0.5, 0.6) is 5.75 Å². The summed E-state index contributed by atoms with van der Waals surface area (Å²) in [6.07, 6.45) is -0.860. The fraction of sp³-hybridized carbons (Fsp3) is 0.400. The minimum atomic E-state index is -1.74. The van der Waals surface area contributed by atoms with Gasteiger partial charge in [-0.25, -0.2) is 9.69 Å². The van der Waals surface area contributed by atoms with Gasteiger partial charge in [0.2, 0.25) is 5.91 Å². The van der Waals surface area contributed by atoms with Crippen LogP contribution in [0, 0.1) is 15.5 Å². The molecule has 1 spiro atoms. The molecule has 4 atom stereocenters. The molecule has 0 aromatic heterocycles. The summed E-state index contributed by atoms with van der Waals surface area (Å²) in [6, 6.07) is 9.32. The van der Waals surface area contributed by atoms with Crippen LogP contribution in [0.1, 0.15) is 26.3 Å². The average Bonchev–Trinajstić information content (AvgIpc) is 2.83. The van der Waals surface area contributed by atoms with Crippen molar-refractivity contribution in [1.82, 2.24) is 5.32 Å². The molecule has 1 N–H and O–H groups in total. The third kappa shape index (κ3) is 3.49. The first-order valence-corrected chi connectivity index (χ1v) is 11.8. The van der Waals surface area contributed by atoms with Gasteiger partial charge in [0, 0.05) is 30.8 Å². The summed E-state index contributed by atoms with van der Waals surface area (Å²) >= 11 is 0. The van der Waals surface area contributed by atoms with Crippen LogP contribution < -0.4 is 19.9 Å². The lowest BCUT2D eigenvalue weighted by molar-refractivity contribution is -0.384. The van der Waals surface area contributed by atoms with Gasteiger partial charge in [0.05, 0.1) is 35.5 Å². The van der Waals surface area contributed by atoms with Crippen molar-refractivity contribution in [2.75, 3.05) is 23.0 Å². The van der Waals surface area contributed by atoms with Crippen LogP contribution in [0.4, 0.5) is 21.9 Å². The third-order valence-electron chi connectivity index (χ3n) is 7.06. The third-order valence-corrected chi connectivity index (χ3v) is 7.06. The molecule has 2 aromatic rings. The minimum Gasteiger partial charge on any atom is -0.494 e. The Balaban J connectivity index is 1.65. The van der Waals surface area contributed by atoms with Gasteiger partial charge in [-0.1, -0.05) is 0 Å². The minimum absolute atomic E-state index is 0.112. The Hall–Kier alpha value is -3.99. The number of urea groups is 1. The van der Waals surface area contributed by atoms with E-state index in [0.29, 0.717) is 30.2 Å². The van der Waals surface area contributed by atoms with Crippen LogP contribution in [0.25, 0.3) is 0 Å². The summed E-state index contributed by atoms with van der Waals surface area (Å²) in [5.74, 6) is -0.861. The van der Waals surface area contributed by atoms with Crippen LogP contribution in [0.3, 0.4) is 0 Å². The first-order valence-electron chi connectivity index (χ1n) is 11.8. The molecule has 2 saturated heterocycles. The smallest absolute Gasteiger partial charge is 0.335 e. The molecule has 3 aliphatic heterocycles. The van der Waals surface area contributed by atoms with Crippen molar-refractivity contribution >= 4 is 34.9 Å². The number of nitro benzene ring substituents is 1. The lowest BCUT2D eigenvalue weighted by Gasteiger charge is -2.56. The number of non-ortho nitro benzene ring substituents is 1. The highest BCUT2D eigenvalue weighted by Crippen LogP contribution is 2.49. The number of carbonyl (C=O) groups is 3. The Kier molecular flexibility index (Phi) is 5.67. The van der Waals surface area contributed by atoms with Crippen LogP contribution >= 0.6 is 0 Å². The lowest BCUT2D eigenvalue weighted by atomic mass is 9.66. The summed E-state index contributed by atoms with van der Waals surface area (Å²) in [5, 5.41) is 13.9. The highest BCUT2D eigenvalue weighted by atomic mass is 16.6. The van der Waals surface area contributed by atoms with E-state index in [9.17, 15) is 24.5 Å². The molecule has 2 aromatic carbocycles. The van der Waals surface area contributed by atoms with Crippen LogP contribution in [-0.4, -0.2) is 54.2 Å². The molecule has 2 fully saturated rings. The van der Waals surface area contributed by atoms with Crippen molar-refractivity contribution < 1.29 is 28.8 Å². The van der Waals surface area contributed by atoms with Crippen LogP contribution in [0.15, 0.2) is 42.5 Å². The van der Waals surface area contributed by atoms with Gasteiger partial charge in [-0.2, -0.15) is 0 Å². The fourth-order valence-electron chi connectivity index (χ4n) is 5.72. The van der Waals surface area contributed by atoms with Crippen molar-refractivity contribution in [3.05, 3.63) is 58.1 Å². The Bertz CT molecular complexity index is 1260. The van der Waals surface area contributed by atoms with Crippen molar-refractivity contribution in [2.24, 2.45) is 5.41 Å². The SMILES string of the molecule is CCOc1ccc(N2C(=O)NC(=O)[C@]3(Cc4cc([N+](=O)[O-])ccc4N4C[C@H](C)O[C@@H](C)[C@H]43)C2=O)cc1. The number of hydrogen-bond acceptors (Lipinski definition) is 8. The zero-order valence-corrected chi connectivity index (χ0v) is 20.1. The molecule has 0 radical (unpaired) electrons. The number of carbonyl (C=O) groups excluding carboxylic acids is 3. The molecule has 3 heterocycles. The summed E-state index contributed by atoms with van der Waals surface area (Å²) in [7, 11) is 0. The van der Waals surface area contributed by atoms with Crippen molar-refractivity contribution in [3.8, 4) is 5.75 Å². The van der Waals surface area contributed by atoms with E-state index in [1.807, 2.05) is 18.7 Å². The van der Waals surface area contributed by atoms with Gasteiger partial charge in [0.25, 0.3) is 11.6 Å². The van der Waals surface area contributed by atoms with Gasteiger partial charge in [-0.3, -0.25) is 25.0 Å². The van der Waals surface area contributed by atoms with E-state index in [1.165, 1.54) is 12.1 Å². The first-order chi connectivity index (χ1) is 17.2. The largest absolute Gasteiger partial charge is 0.494 e. The Morgan fingerprint density at radius 3 is 2.56 bits per heavy atom. The zero-order chi connectivity index (χ0) is 25.8. The number of ether oxygens (including phenoxy) is 2. The predicted molar refractivity (Wildman–Crippen MR) is 129 cm³/mol. The normalized spacial score (nSPS) is 27.4. The molecule has 0 saturated carbocycles. The van der Waals surface area contributed by atoms with Crippen molar-refractivity contribution in [3.63, 3.8) is 0 Å². The maximum atomic E-state index is 14.2. The molecule has 5 rings (SSSR count). The fourth-order valence-corrected chi connectivity index (χ4v) is 5.72. The number of fused-ring (bicyclic) bond motifs is 4. The van der Waals surface area contributed by atoms with Crippen LogP contribution in [-0.2, 0) is 20.7 Å². The van der Waals surface area contributed by atoms with E-state index in [1.54, 1.807) is 37.3 Å². The summed E-state index contributed by atoms with van der Waals surface area (Å²) in [5.41, 5.74) is -0.398. The Morgan fingerprint density at radius 1 is 1.17 bits per heavy atom. The van der Waals surface area contributed by atoms with E-state index in [2.05, 4.69) is 5.32 Å². The number of anilines is 2. The number of morpholine rings is 1. The number of amides is 4. The second kappa shape index (κ2) is 8.59. The van der Waals surface area contributed by atoms with Crippen LogP contribution in [0.2, 0.25) is 0 Å². The quantitative estimate of drug-likeness (QED) is 0.390. The first kappa shape index (κ1) is 23.7. The van der Waals surface area contributed by atoms with E-state index >= 15 is 0 Å². The molecule has 36 heavy (non-hydrogen) atoms. The number of rotatable bonds is 4. The molecule has 3 aliphatic rings. The lowest BCUT2D eigenvalue weighted by Crippen LogP contribution is -2.76. The molecular weight excluding hydrogens is 468 g/mol. The second-order valence-corrected chi connectivity index (χ2v) is 9.29. The Labute approximate surface area is 207 Å². The molecule has 4 amide bonds. The standard InChI is InChI=1S/C25H26N4O7/c1-4-35-19-8-5-17(6-9-19)28-23(31)25(22(30)26-24(28)32)12-16-11-18(29(33)34)7-10-20(16)27-13-14(2)36-15(3)21(25)27/h5-11,14-15,21H,4,12-13H2,1-3H3,(H,26,30,32)/t14-,15-,21-,25+/m0/s1. The van der Waals surface area contributed by atoms with E-state index in [4.69, 9.17) is 9.47 Å². The van der Waals surface area contributed by atoms with E-state index in [0.717, 1.165) is 4.90 Å². The average molecular weight is 495 g/mol. The number of barbiturate groups is 1. The van der Waals surface area contributed by atoms with Crippen molar-refractivity contribution in [2.45, 2.75) is 45.4 Å². The van der Waals surface area contributed by atoms with E-state index in [-0.39, 0.29) is 23.9 Å². The van der Waals surface area contributed by atoms with Gasteiger partial charge in [-0.05, 0) is 56.7 Å². The number of nitrogens with one attached hydrogen (secondary N) is 1. The summed E-state index contributed by atoms with van der Waals surface area (Å²) in [4.78, 5) is 54.6. The highest BCUT2D eigenvalue weighted by Gasteiger charge is 2.65. The predicted octanol–water partition coefficient (Wildman–Crippen LogP) is 2.80. The molecule has 11 heteroatoms. The monoisotopic (exact) mass is 494 g/mol. The maximum absolute atomic E-state index is 14.2. The molecule has 11 nitrogen and oxygen atoms in total. The summed E-state index contributed by atoms with van der Waals surface area (Å²) < 4.78 is 11.5. The number of hydrogen-bond donors (Lipinski definition) is 1. The number of nitrogens with zero attached hydrogens (tertiary/aromatic N) is 3. The van der Waals surface area contributed by atoms with Crippen molar-refractivity contribution in [1.29, 1.82) is 0 Å². The molecule has 0 aliphatic carbocycles. The van der Waals surface area contributed by atoms with Gasteiger partial charge in [0.15, 0.2) is 5.41 Å². The number of nitro groups is 1. The number of benzene rings is 2.